The Bertz CT molecular complexity index is 1260. The number of ether oxygens (including phenoxy) is 1. The van der Waals surface area contributed by atoms with Gasteiger partial charge in [-0.05, 0) is 47.7 Å². The maximum absolute atomic E-state index is 13.2. The number of carbonyl (C=O) groups is 2. The van der Waals surface area contributed by atoms with Crippen molar-refractivity contribution in [1.82, 2.24) is 4.98 Å². The van der Waals surface area contributed by atoms with E-state index in [0.29, 0.717) is 16.6 Å². The van der Waals surface area contributed by atoms with Crippen LogP contribution in [0.15, 0.2) is 59.6 Å². The van der Waals surface area contributed by atoms with E-state index in [1.807, 2.05) is 37.3 Å². The lowest BCUT2D eigenvalue weighted by Gasteiger charge is -2.23. The number of benzene rings is 2. The topological polar surface area (TPSA) is 79.7 Å². The first-order valence-electron chi connectivity index (χ1n) is 11.0. The fraction of sp³-hybridized carbons (Fsp3) is 0.269. The molecule has 33 heavy (non-hydrogen) atoms. The van der Waals surface area contributed by atoms with Gasteiger partial charge in [-0.15, -0.1) is 11.3 Å². The van der Waals surface area contributed by atoms with Crippen molar-refractivity contribution < 1.29 is 19.4 Å². The molecule has 1 aromatic heterocycles. The van der Waals surface area contributed by atoms with Crippen molar-refractivity contribution >= 4 is 33.9 Å². The van der Waals surface area contributed by atoms with Gasteiger partial charge in [-0.1, -0.05) is 38.1 Å². The number of Topliss-reactive ketones (excluding diaryl/α,β-unsaturated/α-hetero) is 1. The second kappa shape index (κ2) is 8.15. The van der Waals surface area contributed by atoms with Crippen molar-refractivity contribution in [3.8, 4) is 5.75 Å². The van der Waals surface area contributed by atoms with Gasteiger partial charge in [0, 0.05) is 23.6 Å². The molecule has 2 atom stereocenters. The molecule has 2 aliphatic heterocycles. The number of hydrogen-bond donors (Lipinski definition) is 1. The molecule has 0 aliphatic carbocycles. The first-order chi connectivity index (χ1) is 15.8. The number of ketones is 1. The van der Waals surface area contributed by atoms with Crippen molar-refractivity contribution in [2.24, 2.45) is 0 Å². The van der Waals surface area contributed by atoms with E-state index in [1.54, 1.807) is 23.7 Å². The van der Waals surface area contributed by atoms with E-state index in [-0.39, 0.29) is 17.4 Å². The third-order valence-electron chi connectivity index (χ3n) is 6.16. The monoisotopic (exact) mass is 460 g/mol. The maximum Gasteiger partial charge on any atom is 0.301 e. The van der Waals surface area contributed by atoms with Gasteiger partial charge in [-0.3, -0.25) is 14.5 Å². The Labute approximate surface area is 196 Å². The zero-order valence-electron chi connectivity index (χ0n) is 18.6. The van der Waals surface area contributed by atoms with Crippen molar-refractivity contribution in [3.05, 3.63) is 81.9 Å². The lowest BCUT2D eigenvalue weighted by molar-refractivity contribution is -0.132. The molecular weight excluding hydrogens is 436 g/mol. The van der Waals surface area contributed by atoms with Gasteiger partial charge in [0.2, 0.25) is 0 Å². The summed E-state index contributed by atoms with van der Waals surface area (Å²) in [5, 5.41) is 13.5. The van der Waals surface area contributed by atoms with Crippen LogP contribution in [0.25, 0.3) is 5.76 Å². The Morgan fingerprint density at radius 2 is 1.94 bits per heavy atom. The Morgan fingerprint density at radius 3 is 2.61 bits per heavy atom. The molecule has 0 radical (unpaired) electrons. The molecule has 0 saturated carbocycles. The van der Waals surface area contributed by atoms with E-state index < -0.39 is 17.7 Å². The average molecular weight is 461 g/mol. The van der Waals surface area contributed by atoms with E-state index in [0.717, 1.165) is 28.9 Å². The third kappa shape index (κ3) is 3.62. The summed E-state index contributed by atoms with van der Waals surface area (Å²) in [5.41, 5.74) is 3.43. The molecule has 3 heterocycles. The van der Waals surface area contributed by atoms with Gasteiger partial charge >= 0.3 is 5.91 Å². The van der Waals surface area contributed by atoms with Crippen molar-refractivity contribution in [2.75, 3.05) is 4.90 Å². The zero-order chi connectivity index (χ0) is 23.3. The van der Waals surface area contributed by atoms with Crippen LogP contribution in [0.3, 0.4) is 0 Å². The number of fused-ring (bicyclic) bond motifs is 1. The number of hydrogen-bond acceptors (Lipinski definition) is 6. The number of anilines is 1. The minimum Gasteiger partial charge on any atom is -0.507 e. The maximum atomic E-state index is 13.2. The van der Waals surface area contributed by atoms with Gasteiger partial charge in [0.25, 0.3) is 5.78 Å². The van der Waals surface area contributed by atoms with Crippen molar-refractivity contribution in [3.63, 3.8) is 0 Å². The minimum absolute atomic E-state index is 0.0624. The van der Waals surface area contributed by atoms with Crippen LogP contribution in [0.1, 0.15) is 55.0 Å². The molecule has 2 aliphatic rings. The standard InChI is InChI=1S/C26H24N2O4S/c1-14(2)16-4-6-17(7-5-16)22-21(24(30)25(31)28(22)26-27-10-11-33-26)23(29)18-8-9-20-19(13-18)12-15(3)32-20/h4-11,13-15,22,29H,12H2,1-3H3/b23-21+/t15-,22-/m1/s1. The molecule has 5 rings (SSSR count). The SMILES string of the molecule is CC(C)c1ccc([C@@H]2/C(=C(\O)c3ccc4c(c3)C[C@@H](C)O4)C(=O)C(=O)N2c2nccs2)cc1. The molecule has 1 N–H and O–H groups in total. The van der Waals surface area contributed by atoms with Crippen LogP contribution in [-0.4, -0.2) is 27.9 Å². The van der Waals surface area contributed by atoms with Crippen LogP contribution in [0.4, 0.5) is 5.13 Å². The van der Waals surface area contributed by atoms with Crippen molar-refractivity contribution in [2.45, 2.75) is 45.3 Å². The largest absolute Gasteiger partial charge is 0.507 e. The lowest BCUT2D eigenvalue weighted by Crippen LogP contribution is -2.29. The van der Waals surface area contributed by atoms with Crippen LogP contribution >= 0.6 is 11.3 Å². The van der Waals surface area contributed by atoms with E-state index in [9.17, 15) is 14.7 Å². The molecular formula is C26H24N2O4S. The lowest BCUT2D eigenvalue weighted by atomic mass is 9.93. The number of amides is 1. The molecule has 0 spiro atoms. The van der Waals surface area contributed by atoms with Crippen LogP contribution < -0.4 is 9.64 Å². The smallest absolute Gasteiger partial charge is 0.301 e. The molecule has 1 fully saturated rings. The summed E-state index contributed by atoms with van der Waals surface area (Å²) in [5.74, 6) is -0.468. The summed E-state index contributed by atoms with van der Waals surface area (Å²) in [6.45, 7) is 6.20. The van der Waals surface area contributed by atoms with Gasteiger partial charge in [0.15, 0.2) is 5.13 Å². The number of aliphatic hydroxyl groups is 1. The van der Waals surface area contributed by atoms with Crippen LogP contribution in [0.2, 0.25) is 0 Å². The predicted molar refractivity (Wildman–Crippen MR) is 128 cm³/mol. The molecule has 3 aromatic rings. The Morgan fingerprint density at radius 1 is 1.18 bits per heavy atom. The third-order valence-corrected chi connectivity index (χ3v) is 6.93. The van der Waals surface area contributed by atoms with Crippen LogP contribution in [-0.2, 0) is 16.0 Å². The van der Waals surface area contributed by atoms with Gasteiger partial charge in [0.05, 0.1) is 11.6 Å². The molecule has 1 saturated heterocycles. The molecule has 0 bridgehead atoms. The highest BCUT2D eigenvalue weighted by Crippen LogP contribution is 2.43. The summed E-state index contributed by atoms with van der Waals surface area (Å²) < 4.78 is 5.76. The van der Waals surface area contributed by atoms with Gasteiger partial charge < -0.3 is 9.84 Å². The highest BCUT2D eigenvalue weighted by Gasteiger charge is 2.48. The molecule has 0 unspecified atom stereocenters. The number of aliphatic hydroxyl groups excluding tert-OH is 1. The zero-order valence-corrected chi connectivity index (χ0v) is 19.4. The first-order valence-corrected chi connectivity index (χ1v) is 11.8. The molecule has 168 valence electrons. The molecule has 1 amide bonds. The summed E-state index contributed by atoms with van der Waals surface area (Å²) in [6, 6.07) is 12.4. The van der Waals surface area contributed by atoms with E-state index in [4.69, 9.17) is 4.74 Å². The summed E-state index contributed by atoms with van der Waals surface area (Å²) in [4.78, 5) is 32.0. The van der Waals surface area contributed by atoms with E-state index in [1.165, 1.54) is 16.2 Å². The highest BCUT2D eigenvalue weighted by molar-refractivity contribution is 7.14. The van der Waals surface area contributed by atoms with Crippen LogP contribution in [0.5, 0.6) is 5.75 Å². The number of rotatable bonds is 4. The summed E-state index contributed by atoms with van der Waals surface area (Å²) in [7, 11) is 0. The first kappa shape index (κ1) is 21.4. The van der Waals surface area contributed by atoms with Gasteiger partial charge in [-0.25, -0.2) is 4.98 Å². The van der Waals surface area contributed by atoms with Gasteiger partial charge in [0.1, 0.15) is 17.6 Å². The summed E-state index contributed by atoms with van der Waals surface area (Å²) in [6.07, 6.45) is 2.39. The Kier molecular flexibility index (Phi) is 5.29. The number of thiazole rings is 1. The number of nitrogens with zero attached hydrogens (tertiary/aromatic N) is 2. The predicted octanol–water partition coefficient (Wildman–Crippen LogP) is 5.22. The second-order valence-electron chi connectivity index (χ2n) is 8.76. The fourth-order valence-electron chi connectivity index (χ4n) is 4.47. The molecule has 7 heteroatoms. The van der Waals surface area contributed by atoms with E-state index in [2.05, 4.69) is 18.8 Å². The fourth-order valence-corrected chi connectivity index (χ4v) is 5.14. The molecule has 6 nitrogen and oxygen atoms in total. The minimum atomic E-state index is -0.763. The van der Waals surface area contributed by atoms with Crippen molar-refractivity contribution in [1.29, 1.82) is 0 Å². The highest BCUT2D eigenvalue weighted by atomic mass is 32.1. The Hall–Kier alpha value is -3.45. The van der Waals surface area contributed by atoms with E-state index >= 15 is 0 Å². The Balaban J connectivity index is 1.66. The normalized spacial score (nSPS) is 21.5. The van der Waals surface area contributed by atoms with Gasteiger partial charge in [-0.2, -0.15) is 0 Å². The quantitative estimate of drug-likeness (QED) is 0.328. The van der Waals surface area contributed by atoms with Crippen LogP contribution in [0, 0.1) is 0 Å². The average Bonchev–Trinajstić information content (AvgIpc) is 3.51. The summed E-state index contributed by atoms with van der Waals surface area (Å²) >= 11 is 1.28. The second-order valence-corrected chi connectivity index (χ2v) is 9.63. The molecule has 2 aromatic carbocycles. The number of aromatic nitrogens is 1. The number of carbonyl (C=O) groups excluding carboxylic acids is 2.